The molecule has 0 aliphatic carbocycles. The number of esters is 2. The number of carbonyl (C=O) groups is 2. The number of ether oxygens (including phenoxy) is 2. The van der Waals surface area contributed by atoms with Crippen molar-refractivity contribution in [3.63, 3.8) is 0 Å². The average Bonchev–Trinajstić information content (AvgIpc) is 2.77. The molecule has 1 aromatic rings. The predicted octanol–water partition coefficient (Wildman–Crippen LogP) is 2.18. The second-order valence-electron chi connectivity index (χ2n) is 4.60. The number of aromatic amines is 1. The summed E-state index contributed by atoms with van der Waals surface area (Å²) in [5.41, 5.74) is 1.96. The summed E-state index contributed by atoms with van der Waals surface area (Å²) in [6.45, 7) is 9.15. The Morgan fingerprint density at radius 3 is 2.29 bits per heavy atom. The first kappa shape index (κ1) is 17.2. The fourth-order valence-corrected chi connectivity index (χ4v) is 2.07. The van der Waals surface area contributed by atoms with E-state index in [0.717, 1.165) is 13.0 Å². The van der Waals surface area contributed by atoms with Gasteiger partial charge in [-0.1, -0.05) is 6.92 Å². The van der Waals surface area contributed by atoms with Crippen LogP contribution < -0.4 is 5.32 Å². The number of H-pyrrole nitrogens is 1. The minimum atomic E-state index is -0.456. The van der Waals surface area contributed by atoms with Crippen molar-refractivity contribution in [2.45, 2.75) is 40.7 Å². The summed E-state index contributed by atoms with van der Waals surface area (Å²) in [7, 11) is 0. The van der Waals surface area contributed by atoms with E-state index in [0.29, 0.717) is 35.7 Å². The second-order valence-corrected chi connectivity index (χ2v) is 4.60. The highest BCUT2D eigenvalue weighted by atomic mass is 16.5. The number of carbonyl (C=O) groups excluding carboxylic acids is 2. The van der Waals surface area contributed by atoms with Crippen molar-refractivity contribution in [2.75, 3.05) is 19.8 Å². The van der Waals surface area contributed by atoms with Crippen LogP contribution in [0.2, 0.25) is 0 Å². The number of hydrogen-bond acceptors (Lipinski definition) is 5. The standard InChI is InChI=1S/C15H24N2O4/c1-5-8-16-9-11-12(14(18)20-6-2)10(4)13(17-11)15(19)21-7-3/h16-17H,5-9H2,1-4H3. The van der Waals surface area contributed by atoms with Gasteiger partial charge in [0.25, 0.3) is 0 Å². The Bertz CT molecular complexity index is 494. The molecule has 0 saturated heterocycles. The van der Waals surface area contributed by atoms with Crippen LogP contribution in [0.3, 0.4) is 0 Å². The summed E-state index contributed by atoms with van der Waals surface area (Å²) in [5.74, 6) is -0.877. The maximum absolute atomic E-state index is 12.1. The molecule has 2 N–H and O–H groups in total. The zero-order valence-electron chi connectivity index (χ0n) is 13.2. The normalized spacial score (nSPS) is 10.5. The highest BCUT2D eigenvalue weighted by Crippen LogP contribution is 2.20. The van der Waals surface area contributed by atoms with Crippen LogP contribution in [-0.2, 0) is 16.0 Å². The molecule has 6 heteroatoms. The van der Waals surface area contributed by atoms with Gasteiger partial charge in [0.15, 0.2) is 0 Å². The van der Waals surface area contributed by atoms with Gasteiger partial charge in [-0.2, -0.15) is 0 Å². The van der Waals surface area contributed by atoms with Gasteiger partial charge < -0.3 is 19.8 Å². The van der Waals surface area contributed by atoms with Gasteiger partial charge in [-0.15, -0.1) is 0 Å². The van der Waals surface area contributed by atoms with Crippen molar-refractivity contribution in [1.29, 1.82) is 0 Å². The van der Waals surface area contributed by atoms with Gasteiger partial charge in [0.05, 0.1) is 18.8 Å². The molecule has 0 aliphatic heterocycles. The van der Waals surface area contributed by atoms with E-state index in [2.05, 4.69) is 17.2 Å². The summed E-state index contributed by atoms with van der Waals surface area (Å²) in [6, 6.07) is 0. The molecule has 0 unspecified atom stereocenters. The third-order valence-corrected chi connectivity index (χ3v) is 3.02. The zero-order chi connectivity index (χ0) is 15.8. The smallest absolute Gasteiger partial charge is 0.355 e. The topological polar surface area (TPSA) is 80.4 Å². The highest BCUT2D eigenvalue weighted by molar-refractivity contribution is 5.98. The van der Waals surface area contributed by atoms with Crippen LogP contribution >= 0.6 is 0 Å². The second kappa shape index (κ2) is 8.46. The van der Waals surface area contributed by atoms with Gasteiger partial charge >= 0.3 is 11.9 Å². The maximum Gasteiger partial charge on any atom is 0.355 e. The number of aromatic nitrogens is 1. The van der Waals surface area contributed by atoms with Crippen molar-refractivity contribution < 1.29 is 19.1 Å². The molecule has 1 aromatic heterocycles. The van der Waals surface area contributed by atoms with E-state index >= 15 is 0 Å². The van der Waals surface area contributed by atoms with Gasteiger partial charge in [0, 0.05) is 12.2 Å². The van der Waals surface area contributed by atoms with Crippen LogP contribution in [0.15, 0.2) is 0 Å². The monoisotopic (exact) mass is 296 g/mol. The Morgan fingerprint density at radius 1 is 1.10 bits per heavy atom. The maximum atomic E-state index is 12.1. The first-order valence-electron chi connectivity index (χ1n) is 7.33. The Labute approximate surface area is 125 Å². The fourth-order valence-electron chi connectivity index (χ4n) is 2.07. The van der Waals surface area contributed by atoms with E-state index in [4.69, 9.17) is 9.47 Å². The molecule has 6 nitrogen and oxygen atoms in total. The van der Waals surface area contributed by atoms with E-state index in [-0.39, 0.29) is 6.61 Å². The van der Waals surface area contributed by atoms with Crippen molar-refractivity contribution in [3.8, 4) is 0 Å². The molecule has 0 spiro atoms. The molecule has 1 rings (SSSR count). The molecular formula is C15H24N2O4. The Morgan fingerprint density at radius 2 is 1.71 bits per heavy atom. The lowest BCUT2D eigenvalue weighted by Gasteiger charge is -2.06. The molecule has 0 radical (unpaired) electrons. The van der Waals surface area contributed by atoms with Crippen LogP contribution in [0, 0.1) is 6.92 Å². The Kier molecular flexibility index (Phi) is 6.94. The summed E-state index contributed by atoms with van der Waals surface area (Å²) in [4.78, 5) is 27.0. The first-order valence-corrected chi connectivity index (χ1v) is 7.33. The molecule has 118 valence electrons. The van der Waals surface area contributed by atoms with Crippen LogP contribution in [0.4, 0.5) is 0 Å². The lowest BCUT2D eigenvalue weighted by molar-refractivity contribution is 0.0517. The van der Waals surface area contributed by atoms with Gasteiger partial charge in [-0.05, 0) is 39.3 Å². The van der Waals surface area contributed by atoms with E-state index in [1.165, 1.54) is 0 Å². The van der Waals surface area contributed by atoms with Crippen molar-refractivity contribution in [1.82, 2.24) is 10.3 Å². The highest BCUT2D eigenvalue weighted by Gasteiger charge is 2.25. The van der Waals surface area contributed by atoms with E-state index < -0.39 is 11.9 Å². The lowest BCUT2D eigenvalue weighted by Crippen LogP contribution is -2.17. The quantitative estimate of drug-likeness (QED) is 0.567. The first-order chi connectivity index (χ1) is 10.1. The van der Waals surface area contributed by atoms with Crippen molar-refractivity contribution in [2.24, 2.45) is 0 Å². The van der Waals surface area contributed by atoms with Crippen LogP contribution in [0.25, 0.3) is 0 Å². The molecule has 0 amide bonds. The molecule has 0 atom stereocenters. The summed E-state index contributed by atoms with van der Waals surface area (Å²) in [5, 5.41) is 3.21. The molecule has 0 aliphatic rings. The van der Waals surface area contributed by atoms with E-state index in [9.17, 15) is 9.59 Å². The summed E-state index contributed by atoms with van der Waals surface area (Å²) in [6.07, 6.45) is 0.985. The van der Waals surface area contributed by atoms with E-state index in [1.807, 2.05) is 0 Å². The van der Waals surface area contributed by atoms with Crippen LogP contribution in [0.1, 0.15) is 59.3 Å². The Balaban J connectivity index is 3.10. The Hall–Kier alpha value is -1.82. The van der Waals surface area contributed by atoms with Crippen LogP contribution in [0.5, 0.6) is 0 Å². The molecule has 21 heavy (non-hydrogen) atoms. The van der Waals surface area contributed by atoms with Gasteiger partial charge in [0.1, 0.15) is 5.69 Å². The largest absolute Gasteiger partial charge is 0.462 e. The molecule has 0 saturated carbocycles. The molecule has 0 aromatic carbocycles. The molecule has 0 bridgehead atoms. The van der Waals surface area contributed by atoms with Crippen LogP contribution in [-0.4, -0.2) is 36.7 Å². The number of nitrogens with one attached hydrogen (secondary N) is 2. The van der Waals surface area contributed by atoms with E-state index in [1.54, 1.807) is 20.8 Å². The summed E-state index contributed by atoms with van der Waals surface area (Å²) >= 11 is 0. The summed E-state index contributed by atoms with van der Waals surface area (Å²) < 4.78 is 10.1. The minimum Gasteiger partial charge on any atom is -0.462 e. The number of hydrogen-bond donors (Lipinski definition) is 2. The third kappa shape index (κ3) is 4.32. The van der Waals surface area contributed by atoms with Gasteiger partial charge in [0.2, 0.25) is 0 Å². The fraction of sp³-hybridized carbons (Fsp3) is 0.600. The molecule has 0 fully saturated rings. The van der Waals surface area contributed by atoms with Gasteiger partial charge in [-0.25, -0.2) is 9.59 Å². The van der Waals surface area contributed by atoms with Crippen molar-refractivity contribution in [3.05, 3.63) is 22.5 Å². The zero-order valence-corrected chi connectivity index (χ0v) is 13.2. The van der Waals surface area contributed by atoms with Gasteiger partial charge in [-0.3, -0.25) is 0 Å². The third-order valence-electron chi connectivity index (χ3n) is 3.02. The SMILES string of the molecule is CCCNCc1[nH]c(C(=O)OCC)c(C)c1C(=O)OCC. The predicted molar refractivity (Wildman–Crippen MR) is 79.4 cm³/mol. The minimum absolute atomic E-state index is 0.287. The van der Waals surface area contributed by atoms with Crippen molar-refractivity contribution >= 4 is 11.9 Å². The molecular weight excluding hydrogens is 272 g/mol. The average molecular weight is 296 g/mol. The molecule has 1 heterocycles. The number of rotatable bonds is 8. The lowest BCUT2D eigenvalue weighted by atomic mass is 10.1.